The third-order valence-electron chi connectivity index (χ3n) is 4.91. The van der Waals surface area contributed by atoms with Crippen LogP contribution in [0.4, 0.5) is 5.82 Å². The van der Waals surface area contributed by atoms with E-state index in [1.165, 1.54) is 6.07 Å². The van der Waals surface area contributed by atoms with Crippen LogP contribution in [0.3, 0.4) is 0 Å². The zero-order valence-corrected chi connectivity index (χ0v) is 18.4. The molecule has 0 saturated carbocycles. The summed E-state index contributed by atoms with van der Waals surface area (Å²) in [5.41, 5.74) is 2.44. The Morgan fingerprint density at radius 2 is 2.00 bits per heavy atom. The molecule has 3 rings (SSSR count). The summed E-state index contributed by atoms with van der Waals surface area (Å²) in [7, 11) is 0. The molecule has 0 fully saturated rings. The van der Waals surface area contributed by atoms with Crippen LogP contribution in [0.2, 0.25) is 0 Å². The highest BCUT2D eigenvalue weighted by Crippen LogP contribution is 2.25. The second-order valence-electron chi connectivity index (χ2n) is 7.26. The van der Waals surface area contributed by atoms with Gasteiger partial charge in [-0.15, -0.1) is 0 Å². The average molecular weight is 432 g/mol. The summed E-state index contributed by atoms with van der Waals surface area (Å²) in [4.78, 5) is 30.2. The van der Waals surface area contributed by atoms with Crippen LogP contribution in [0.5, 0.6) is 0 Å². The molecule has 1 aromatic carbocycles. The summed E-state index contributed by atoms with van der Waals surface area (Å²) < 4.78 is 7.17. The van der Waals surface area contributed by atoms with Gasteiger partial charge in [0.1, 0.15) is 5.82 Å². The first-order chi connectivity index (χ1) is 15.5. The molecule has 6 nitrogen and oxygen atoms in total. The number of rotatable bonds is 9. The van der Waals surface area contributed by atoms with Crippen molar-refractivity contribution >= 4 is 22.8 Å². The molecule has 0 aliphatic carbocycles. The number of nitrogens with one attached hydrogen (secondary N) is 1. The van der Waals surface area contributed by atoms with Gasteiger partial charge in [0.25, 0.3) is 0 Å². The molecule has 2 aromatic heterocycles. The van der Waals surface area contributed by atoms with Crippen molar-refractivity contribution in [2.75, 3.05) is 11.9 Å². The van der Waals surface area contributed by atoms with E-state index < -0.39 is 5.97 Å². The predicted molar refractivity (Wildman–Crippen MR) is 131 cm³/mol. The maximum atomic E-state index is 13.0. The van der Waals surface area contributed by atoms with E-state index in [2.05, 4.69) is 23.5 Å². The number of hydrogen-bond acceptors (Lipinski definition) is 5. The largest absolute Gasteiger partial charge is 0.461 e. The maximum absolute atomic E-state index is 13.0. The normalized spacial score (nSPS) is 11.2. The monoisotopic (exact) mass is 431 g/mol. The van der Waals surface area contributed by atoms with Crippen molar-refractivity contribution in [3.8, 4) is 5.69 Å². The van der Waals surface area contributed by atoms with Gasteiger partial charge < -0.3 is 10.1 Å². The van der Waals surface area contributed by atoms with Crippen molar-refractivity contribution in [3.63, 3.8) is 0 Å². The Hall–Kier alpha value is -3.93. The number of carbonyl (C=O) groups is 1. The molecule has 2 heterocycles. The van der Waals surface area contributed by atoms with E-state index in [9.17, 15) is 9.59 Å². The molecule has 0 amide bonds. The molecule has 0 spiro atoms. The van der Waals surface area contributed by atoms with Crippen molar-refractivity contribution < 1.29 is 11.0 Å². The van der Waals surface area contributed by atoms with E-state index in [0.29, 0.717) is 34.7 Å². The molecule has 32 heavy (non-hydrogen) atoms. The first kappa shape index (κ1) is 22.7. The van der Waals surface area contributed by atoms with Gasteiger partial charge in [-0.3, -0.25) is 9.36 Å². The number of aryl methyl sites for hydroxylation is 1. The van der Waals surface area contributed by atoms with Crippen molar-refractivity contribution in [1.82, 2.24) is 9.55 Å². The maximum Gasteiger partial charge on any atom is 0.357 e. The van der Waals surface area contributed by atoms with Crippen LogP contribution >= 0.6 is 0 Å². The molecule has 0 unspecified atom stereocenters. The number of hydrogen-bond donors (Lipinski definition) is 1. The van der Waals surface area contributed by atoms with Gasteiger partial charge in [-0.05, 0) is 49.3 Å². The fraction of sp³-hybridized carbons (Fsp3) is 0.192. The molecule has 0 aliphatic heterocycles. The number of fused-ring (bicyclic) bond motifs is 1. The van der Waals surface area contributed by atoms with Gasteiger partial charge in [0.15, 0.2) is 16.8 Å². The second-order valence-corrected chi connectivity index (χ2v) is 7.26. The van der Waals surface area contributed by atoms with Crippen molar-refractivity contribution in [2.45, 2.75) is 26.7 Å². The van der Waals surface area contributed by atoms with Gasteiger partial charge in [0, 0.05) is 18.9 Å². The first-order valence-corrected chi connectivity index (χ1v) is 10.5. The molecule has 1 N–H and O–H groups in total. The number of unbranched alkanes of at least 4 members (excludes halogenated alkanes) is 1. The number of carbonyl (C=O) groups excluding carboxylic acids is 1. The van der Waals surface area contributed by atoms with E-state index >= 15 is 0 Å². The molecule has 166 valence electrons. The number of benzene rings is 1. The van der Waals surface area contributed by atoms with Gasteiger partial charge in [-0.1, -0.05) is 50.8 Å². The van der Waals surface area contributed by atoms with Gasteiger partial charge in [-0.25, -0.2) is 9.78 Å². The highest BCUT2D eigenvalue weighted by Gasteiger charge is 2.18. The summed E-state index contributed by atoms with van der Waals surface area (Å²) in [5, 5.41) is 3.66. The summed E-state index contributed by atoms with van der Waals surface area (Å²) in [6.07, 6.45) is 6.71. The highest BCUT2D eigenvalue weighted by molar-refractivity contribution is 5.92. The lowest BCUT2D eigenvalue weighted by Crippen LogP contribution is -2.18. The Kier molecular flexibility index (Phi) is 7.39. The SMILES string of the molecule is C=C/C=C(\C=C)Nc1cc(=O)c2c(C)cc(C(=O)OCCCC)nc2n1-c1ccccc1.[HH]. The highest BCUT2D eigenvalue weighted by atomic mass is 16.5. The minimum Gasteiger partial charge on any atom is -0.461 e. The quantitative estimate of drug-likeness (QED) is 0.273. The van der Waals surface area contributed by atoms with E-state index in [1.54, 1.807) is 31.2 Å². The lowest BCUT2D eigenvalue weighted by atomic mass is 10.1. The standard InChI is InChI=1S/C26H27N3O3.H2/c1-5-8-15-32-26(31)21-16-18(4)24-22(30)17-23(27-19(7-3)12-6-2)29(25(24)28-21)20-13-10-9-11-14-20;/h6-7,9-14,16-17,27H,2-3,5,8,15H2,1,4H3;1H/b19-12+;. The van der Waals surface area contributed by atoms with Crippen LogP contribution < -0.4 is 10.7 Å². The lowest BCUT2D eigenvalue weighted by Gasteiger charge is -2.19. The molecule has 0 radical (unpaired) electrons. The van der Waals surface area contributed by atoms with Crippen molar-refractivity contribution in [1.29, 1.82) is 0 Å². The fourth-order valence-electron chi connectivity index (χ4n) is 3.35. The molecule has 0 aliphatic rings. The molecule has 0 saturated heterocycles. The zero-order chi connectivity index (χ0) is 23.1. The number of aromatic nitrogens is 2. The summed E-state index contributed by atoms with van der Waals surface area (Å²) in [6.45, 7) is 11.7. The number of ether oxygens (including phenoxy) is 1. The third kappa shape index (κ3) is 4.86. The van der Waals surface area contributed by atoms with Gasteiger partial charge >= 0.3 is 5.97 Å². The van der Waals surface area contributed by atoms with Crippen molar-refractivity contribution in [3.05, 3.63) is 101 Å². The number of para-hydroxylation sites is 1. The Balaban J connectivity index is 0.00000385. The smallest absolute Gasteiger partial charge is 0.357 e. The van der Waals surface area contributed by atoms with E-state index in [-0.39, 0.29) is 12.5 Å². The number of esters is 1. The lowest BCUT2D eigenvalue weighted by molar-refractivity contribution is 0.0493. The first-order valence-electron chi connectivity index (χ1n) is 10.5. The molecule has 6 heteroatoms. The number of anilines is 1. The van der Waals surface area contributed by atoms with Crippen LogP contribution in [-0.4, -0.2) is 22.1 Å². The van der Waals surface area contributed by atoms with Crippen molar-refractivity contribution in [2.24, 2.45) is 0 Å². The number of nitrogens with zero attached hydrogens (tertiary/aromatic N) is 2. The molecule has 0 bridgehead atoms. The van der Waals surface area contributed by atoms with Crippen LogP contribution in [0.15, 0.2) is 84.3 Å². The number of pyridine rings is 2. The minimum absolute atomic E-state index is 0. The Morgan fingerprint density at radius 3 is 2.66 bits per heavy atom. The summed E-state index contributed by atoms with van der Waals surface area (Å²) in [5.74, 6) is -0.0164. The van der Waals surface area contributed by atoms with E-state index in [1.807, 2.05) is 41.8 Å². The Bertz CT molecular complexity index is 1250. The van der Waals surface area contributed by atoms with E-state index in [0.717, 1.165) is 18.5 Å². The second kappa shape index (κ2) is 10.4. The number of allylic oxidation sites excluding steroid dienone is 3. The predicted octanol–water partition coefficient (Wildman–Crippen LogP) is 5.56. The van der Waals surface area contributed by atoms with Gasteiger partial charge in [-0.2, -0.15) is 0 Å². The van der Waals surface area contributed by atoms with Crippen LogP contribution in [-0.2, 0) is 4.74 Å². The van der Waals surface area contributed by atoms with E-state index in [4.69, 9.17) is 4.74 Å². The molecular formula is C26H29N3O3. The average Bonchev–Trinajstić information content (AvgIpc) is 2.79. The molecular weight excluding hydrogens is 402 g/mol. The topological polar surface area (TPSA) is 73.2 Å². The zero-order valence-electron chi connectivity index (χ0n) is 18.4. The summed E-state index contributed by atoms with van der Waals surface area (Å²) in [6, 6.07) is 12.6. The molecule has 3 aromatic rings. The Labute approximate surface area is 189 Å². The van der Waals surface area contributed by atoms with Crippen LogP contribution in [0, 0.1) is 6.92 Å². The fourth-order valence-corrected chi connectivity index (χ4v) is 3.35. The van der Waals surface area contributed by atoms with Crippen LogP contribution in [0.1, 0.15) is 37.2 Å². The third-order valence-corrected chi connectivity index (χ3v) is 4.91. The molecule has 0 atom stereocenters. The van der Waals surface area contributed by atoms with Crippen LogP contribution in [0.25, 0.3) is 16.7 Å². The minimum atomic E-state index is -0.507. The summed E-state index contributed by atoms with van der Waals surface area (Å²) >= 11 is 0. The van der Waals surface area contributed by atoms with Gasteiger partial charge in [0.05, 0.1) is 12.0 Å². The Morgan fingerprint density at radius 1 is 1.25 bits per heavy atom. The van der Waals surface area contributed by atoms with Gasteiger partial charge in [0.2, 0.25) is 0 Å².